The first-order chi connectivity index (χ1) is 9.56. The standard InChI is InChI=1S/C14H10BrCl2FN2/c15-11-13(7-4-5-7)19-10(20-14(11)17)6-8-2-1-3-9(16)12(8)18/h1-3,7H,4-6H2. The van der Waals surface area contributed by atoms with Gasteiger partial charge in [-0.05, 0) is 40.4 Å². The van der Waals surface area contributed by atoms with Crippen LogP contribution in [0.5, 0.6) is 0 Å². The molecule has 0 spiro atoms. The summed E-state index contributed by atoms with van der Waals surface area (Å²) in [6.07, 6.45) is 2.49. The molecule has 1 saturated carbocycles. The van der Waals surface area contributed by atoms with Gasteiger partial charge in [-0.3, -0.25) is 0 Å². The van der Waals surface area contributed by atoms with E-state index in [0.717, 1.165) is 23.0 Å². The van der Waals surface area contributed by atoms with Gasteiger partial charge in [0.15, 0.2) is 0 Å². The lowest BCUT2D eigenvalue weighted by molar-refractivity contribution is 0.612. The minimum absolute atomic E-state index is 0.105. The number of nitrogens with zero attached hydrogens (tertiary/aromatic N) is 2. The monoisotopic (exact) mass is 374 g/mol. The molecule has 1 aliphatic carbocycles. The molecule has 1 aromatic heterocycles. The molecule has 1 heterocycles. The summed E-state index contributed by atoms with van der Waals surface area (Å²) in [5, 5.41) is 0.479. The fourth-order valence-electron chi connectivity index (χ4n) is 2.04. The van der Waals surface area contributed by atoms with E-state index in [9.17, 15) is 4.39 Å². The van der Waals surface area contributed by atoms with E-state index in [-0.39, 0.29) is 11.4 Å². The number of hydrogen-bond acceptors (Lipinski definition) is 2. The van der Waals surface area contributed by atoms with Crippen molar-refractivity contribution in [2.75, 3.05) is 0 Å². The van der Waals surface area contributed by atoms with Crippen molar-refractivity contribution in [3.05, 3.63) is 55.7 Å². The van der Waals surface area contributed by atoms with Gasteiger partial charge < -0.3 is 0 Å². The maximum absolute atomic E-state index is 13.9. The van der Waals surface area contributed by atoms with Crippen molar-refractivity contribution in [2.24, 2.45) is 0 Å². The molecule has 1 fully saturated rings. The second-order valence-corrected chi connectivity index (χ2v) is 6.35. The summed E-state index contributed by atoms with van der Waals surface area (Å²) in [6, 6.07) is 4.91. The quantitative estimate of drug-likeness (QED) is 0.693. The molecular formula is C14H10BrCl2FN2. The van der Waals surface area contributed by atoms with Gasteiger partial charge >= 0.3 is 0 Å². The van der Waals surface area contributed by atoms with Gasteiger partial charge in [0, 0.05) is 12.3 Å². The van der Waals surface area contributed by atoms with Gasteiger partial charge in [-0.2, -0.15) is 0 Å². The van der Waals surface area contributed by atoms with Crippen LogP contribution in [0.15, 0.2) is 22.7 Å². The van der Waals surface area contributed by atoms with Gasteiger partial charge in [0.25, 0.3) is 0 Å². The molecule has 0 radical (unpaired) electrons. The van der Waals surface area contributed by atoms with Crippen molar-refractivity contribution >= 4 is 39.1 Å². The van der Waals surface area contributed by atoms with E-state index in [4.69, 9.17) is 23.2 Å². The van der Waals surface area contributed by atoms with Crippen LogP contribution in [0.3, 0.4) is 0 Å². The molecule has 0 unspecified atom stereocenters. The second kappa shape index (κ2) is 5.58. The lowest BCUT2D eigenvalue weighted by atomic mass is 10.1. The number of rotatable bonds is 3. The number of aromatic nitrogens is 2. The SMILES string of the molecule is Fc1c(Cl)cccc1Cc1nc(Cl)c(Br)c(C2CC2)n1. The van der Waals surface area contributed by atoms with Crippen molar-refractivity contribution in [2.45, 2.75) is 25.2 Å². The highest BCUT2D eigenvalue weighted by Gasteiger charge is 2.29. The van der Waals surface area contributed by atoms with Gasteiger partial charge in [-0.25, -0.2) is 14.4 Å². The predicted octanol–water partition coefficient (Wildman–Crippen LogP) is 5.15. The third kappa shape index (κ3) is 2.83. The minimum Gasteiger partial charge on any atom is -0.236 e. The average molecular weight is 376 g/mol. The van der Waals surface area contributed by atoms with Crippen molar-refractivity contribution < 1.29 is 4.39 Å². The van der Waals surface area contributed by atoms with Gasteiger partial charge in [0.05, 0.1) is 15.2 Å². The Morgan fingerprint density at radius 1 is 1.25 bits per heavy atom. The Bertz CT molecular complexity index is 674. The highest BCUT2D eigenvalue weighted by atomic mass is 79.9. The third-order valence-electron chi connectivity index (χ3n) is 3.23. The molecule has 0 saturated heterocycles. The Morgan fingerprint density at radius 2 is 2.00 bits per heavy atom. The summed E-state index contributed by atoms with van der Waals surface area (Å²) in [5.41, 5.74) is 1.39. The summed E-state index contributed by atoms with van der Waals surface area (Å²) in [4.78, 5) is 8.72. The van der Waals surface area contributed by atoms with E-state index in [1.54, 1.807) is 12.1 Å². The van der Waals surface area contributed by atoms with E-state index in [1.807, 2.05) is 0 Å². The van der Waals surface area contributed by atoms with E-state index in [0.29, 0.717) is 22.5 Å². The average Bonchev–Trinajstić information content (AvgIpc) is 3.23. The fourth-order valence-corrected chi connectivity index (χ4v) is 2.93. The molecule has 0 amide bonds. The molecular weight excluding hydrogens is 366 g/mol. The minimum atomic E-state index is -0.426. The molecule has 3 rings (SSSR count). The summed E-state index contributed by atoms with van der Waals surface area (Å²) in [5.74, 6) is 0.527. The molecule has 0 atom stereocenters. The van der Waals surface area contributed by atoms with E-state index in [2.05, 4.69) is 25.9 Å². The Kier molecular flexibility index (Phi) is 3.98. The van der Waals surface area contributed by atoms with Crippen molar-refractivity contribution in [1.29, 1.82) is 0 Å². The number of benzene rings is 1. The maximum atomic E-state index is 13.9. The molecule has 20 heavy (non-hydrogen) atoms. The van der Waals surface area contributed by atoms with Gasteiger partial charge in [0.1, 0.15) is 16.8 Å². The molecule has 0 N–H and O–H groups in total. The van der Waals surface area contributed by atoms with E-state index >= 15 is 0 Å². The zero-order valence-corrected chi connectivity index (χ0v) is 13.4. The van der Waals surface area contributed by atoms with Crippen LogP contribution in [0.4, 0.5) is 4.39 Å². The van der Waals surface area contributed by atoms with Crippen LogP contribution >= 0.6 is 39.1 Å². The zero-order chi connectivity index (χ0) is 14.3. The maximum Gasteiger partial charge on any atom is 0.147 e. The molecule has 2 nitrogen and oxygen atoms in total. The van der Waals surface area contributed by atoms with Crippen LogP contribution in [0.1, 0.15) is 35.8 Å². The van der Waals surface area contributed by atoms with Crippen LogP contribution in [0.2, 0.25) is 10.2 Å². The molecule has 0 aliphatic heterocycles. The van der Waals surface area contributed by atoms with Crippen molar-refractivity contribution in [1.82, 2.24) is 9.97 Å². The van der Waals surface area contributed by atoms with Crippen LogP contribution in [-0.2, 0) is 6.42 Å². The van der Waals surface area contributed by atoms with Gasteiger partial charge in [-0.15, -0.1) is 0 Å². The Labute approximate surface area is 134 Å². The lowest BCUT2D eigenvalue weighted by Gasteiger charge is -2.08. The largest absolute Gasteiger partial charge is 0.236 e. The third-order valence-corrected chi connectivity index (χ3v) is 4.80. The molecule has 1 aliphatic rings. The van der Waals surface area contributed by atoms with Gasteiger partial charge in [-0.1, -0.05) is 35.3 Å². The molecule has 6 heteroatoms. The van der Waals surface area contributed by atoms with Crippen molar-refractivity contribution in [3.63, 3.8) is 0 Å². The van der Waals surface area contributed by atoms with Crippen LogP contribution < -0.4 is 0 Å². The Hall–Kier alpha value is -0.710. The Balaban J connectivity index is 1.96. The van der Waals surface area contributed by atoms with Gasteiger partial charge in [0.2, 0.25) is 0 Å². The van der Waals surface area contributed by atoms with Crippen LogP contribution in [0, 0.1) is 5.82 Å². The highest BCUT2D eigenvalue weighted by Crippen LogP contribution is 2.43. The molecule has 104 valence electrons. The first kappa shape index (κ1) is 14.2. The zero-order valence-electron chi connectivity index (χ0n) is 10.3. The smallest absolute Gasteiger partial charge is 0.147 e. The fraction of sp³-hybridized carbons (Fsp3) is 0.286. The number of halogens is 4. The van der Waals surface area contributed by atoms with E-state index < -0.39 is 5.82 Å². The summed E-state index contributed by atoms with van der Waals surface area (Å²) < 4.78 is 14.7. The normalized spacial score (nSPS) is 14.6. The lowest BCUT2D eigenvalue weighted by Crippen LogP contribution is -2.03. The summed E-state index contributed by atoms with van der Waals surface area (Å²) in [6.45, 7) is 0. The van der Waals surface area contributed by atoms with E-state index in [1.165, 1.54) is 6.07 Å². The molecule has 0 bridgehead atoms. The number of hydrogen-bond donors (Lipinski definition) is 0. The van der Waals surface area contributed by atoms with Crippen LogP contribution in [-0.4, -0.2) is 9.97 Å². The molecule has 2 aromatic rings. The highest BCUT2D eigenvalue weighted by molar-refractivity contribution is 9.10. The summed E-state index contributed by atoms with van der Waals surface area (Å²) >= 11 is 15.3. The molecule has 1 aromatic carbocycles. The first-order valence-electron chi connectivity index (χ1n) is 6.21. The second-order valence-electron chi connectivity index (χ2n) is 4.79. The predicted molar refractivity (Wildman–Crippen MR) is 80.9 cm³/mol. The first-order valence-corrected chi connectivity index (χ1v) is 7.76. The summed E-state index contributed by atoms with van der Waals surface area (Å²) in [7, 11) is 0. The van der Waals surface area contributed by atoms with Crippen LogP contribution in [0.25, 0.3) is 0 Å². The topological polar surface area (TPSA) is 25.8 Å². The van der Waals surface area contributed by atoms with Crippen molar-refractivity contribution in [3.8, 4) is 0 Å². The Morgan fingerprint density at radius 3 is 2.70 bits per heavy atom.